The number of aliphatic hydroxyl groups is 1. The smallest absolute Gasteiger partial charge is 0.138 e. The highest BCUT2D eigenvalue weighted by molar-refractivity contribution is 7.10. The summed E-state index contributed by atoms with van der Waals surface area (Å²) in [4.78, 5) is 5.21. The fraction of sp³-hybridized carbons (Fsp3) is 0.500. The first-order chi connectivity index (χ1) is 8.04. The van der Waals surface area contributed by atoms with Gasteiger partial charge in [0.25, 0.3) is 0 Å². The van der Waals surface area contributed by atoms with Gasteiger partial charge >= 0.3 is 0 Å². The molecule has 0 saturated heterocycles. The van der Waals surface area contributed by atoms with E-state index < -0.39 is 5.60 Å². The fourth-order valence-electron chi connectivity index (χ4n) is 2.00. The number of aryl methyl sites for hydroxylation is 2. The van der Waals surface area contributed by atoms with E-state index in [1.54, 1.807) is 11.3 Å². The molecule has 0 amide bonds. The summed E-state index contributed by atoms with van der Waals surface area (Å²) in [7, 11) is 0. The van der Waals surface area contributed by atoms with Gasteiger partial charge in [-0.25, -0.2) is 4.98 Å². The van der Waals surface area contributed by atoms with Crippen molar-refractivity contribution in [1.29, 1.82) is 0 Å². The predicted molar refractivity (Wildman–Crippen MR) is 68.0 cm³/mol. The predicted octanol–water partition coefficient (Wildman–Crippen LogP) is 2.12. The molecule has 2 rings (SSSR count). The van der Waals surface area contributed by atoms with E-state index >= 15 is 0 Å². The Morgan fingerprint density at radius 1 is 1.53 bits per heavy atom. The summed E-state index contributed by atoms with van der Waals surface area (Å²) in [6, 6.07) is 2.03. The van der Waals surface area contributed by atoms with E-state index in [0.717, 1.165) is 22.8 Å². The second-order valence-electron chi connectivity index (χ2n) is 4.38. The Bertz CT molecular complexity index is 501. The average molecular weight is 251 g/mol. The van der Waals surface area contributed by atoms with Crippen LogP contribution in [0.5, 0.6) is 0 Å². The third kappa shape index (κ3) is 2.40. The van der Waals surface area contributed by atoms with Crippen LogP contribution < -0.4 is 0 Å². The SMILES string of the molecule is CCn1ncnc1CC(C)(O)c1sccc1C. The van der Waals surface area contributed by atoms with Crippen molar-refractivity contribution < 1.29 is 5.11 Å². The van der Waals surface area contributed by atoms with Crippen LogP contribution in [0.25, 0.3) is 0 Å². The zero-order chi connectivity index (χ0) is 12.5. The summed E-state index contributed by atoms with van der Waals surface area (Å²) < 4.78 is 1.82. The van der Waals surface area contributed by atoms with Crippen LogP contribution >= 0.6 is 11.3 Å². The van der Waals surface area contributed by atoms with Gasteiger partial charge in [0.15, 0.2) is 0 Å². The lowest BCUT2D eigenvalue weighted by molar-refractivity contribution is 0.0575. The molecule has 0 aliphatic heterocycles. The maximum Gasteiger partial charge on any atom is 0.138 e. The fourth-order valence-corrected chi connectivity index (χ4v) is 2.99. The minimum Gasteiger partial charge on any atom is -0.384 e. The van der Waals surface area contributed by atoms with Crippen LogP contribution in [0.1, 0.15) is 30.1 Å². The van der Waals surface area contributed by atoms with E-state index in [2.05, 4.69) is 10.1 Å². The Kier molecular flexibility index (Phi) is 3.31. The van der Waals surface area contributed by atoms with Crippen molar-refractivity contribution in [2.24, 2.45) is 0 Å². The van der Waals surface area contributed by atoms with Gasteiger partial charge in [-0.2, -0.15) is 5.10 Å². The van der Waals surface area contributed by atoms with Gasteiger partial charge in [0, 0.05) is 17.8 Å². The molecule has 1 N–H and O–H groups in total. The molecule has 0 aliphatic carbocycles. The molecule has 17 heavy (non-hydrogen) atoms. The molecule has 0 aliphatic rings. The van der Waals surface area contributed by atoms with Crippen LogP contribution in [-0.2, 0) is 18.6 Å². The quantitative estimate of drug-likeness (QED) is 0.905. The normalized spacial score (nSPS) is 14.8. The zero-order valence-electron chi connectivity index (χ0n) is 10.3. The van der Waals surface area contributed by atoms with Crippen LogP contribution in [0.15, 0.2) is 17.8 Å². The molecule has 0 fully saturated rings. The highest BCUT2D eigenvalue weighted by Crippen LogP contribution is 2.31. The number of nitrogens with zero attached hydrogens (tertiary/aromatic N) is 3. The maximum atomic E-state index is 10.6. The minimum absolute atomic E-state index is 0.488. The van der Waals surface area contributed by atoms with Crippen LogP contribution in [0, 0.1) is 6.92 Å². The summed E-state index contributed by atoms with van der Waals surface area (Å²) in [6.07, 6.45) is 2.03. The molecule has 2 heterocycles. The van der Waals surface area contributed by atoms with Crippen LogP contribution in [0.4, 0.5) is 0 Å². The zero-order valence-corrected chi connectivity index (χ0v) is 11.2. The van der Waals surface area contributed by atoms with E-state index in [9.17, 15) is 5.11 Å². The first-order valence-corrected chi connectivity index (χ1v) is 6.56. The topological polar surface area (TPSA) is 50.9 Å². The van der Waals surface area contributed by atoms with Crippen LogP contribution in [0.2, 0.25) is 0 Å². The Morgan fingerprint density at radius 2 is 2.29 bits per heavy atom. The lowest BCUT2D eigenvalue weighted by Crippen LogP contribution is -2.26. The first-order valence-electron chi connectivity index (χ1n) is 5.68. The second kappa shape index (κ2) is 4.58. The number of hydrogen-bond donors (Lipinski definition) is 1. The van der Waals surface area contributed by atoms with E-state index in [4.69, 9.17) is 0 Å². The molecular weight excluding hydrogens is 234 g/mol. The Morgan fingerprint density at radius 3 is 2.88 bits per heavy atom. The molecule has 0 bridgehead atoms. The molecule has 1 unspecified atom stereocenters. The number of hydrogen-bond acceptors (Lipinski definition) is 4. The Hall–Kier alpha value is -1.20. The standard InChI is InChI=1S/C12H17N3OS/c1-4-15-10(13-8-14-15)7-12(3,16)11-9(2)5-6-17-11/h5-6,8,16H,4,7H2,1-3H3. The van der Waals surface area contributed by atoms with Crippen molar-refractivity contribution in [2.75, 3.05) is 0 Å². The van der Waals surface area contributed by atoms with Crippen LogP contribution in [-0.4, -0.2) is 19.9 Å². The monoisotopic (exact) mass is 251 g/mol. The highest BCUT2D eigenvalue weighted by atomic mass is 32.1. The van der Waals surface area contributed by atoms with E-state index in [0.29, 0.717) is 6.42 Å². The molecule has 0 radical (unpaired) electrons. The van der Waals surface area contributed by atoms with Gasteiger partial charge < -0.3 is 5.11 Å². The third-order valence-corrected chi connectivity index (χ3v) is 4.12. The summed E-state index contributed by atoms with van der Waals surface area (Å²) in [6.45, 7) is 6.64. The summed E-state index contributed by atoms with van der Waals surface area (Å²) in [5.74, 6) is 0.824. The highest BCUT2D eigenvalue weighted by Gasteiger charge is 2.28. The molecule has 0 spiro atoms. The molecule has 5 heteroatoms. The van der Waals surface area contributed by atoms with Crippen molar-refractivity contribution in [3.8, 4) is 0 Å². The molecule has 1 atom stereocenters. The van der Waals surface area contributed by atoms with Gasteiger partial charge in [0.05, 0.1) is 0 Å². The van der Waals surface area contributed by atoms with E-state index in [1.165, 1.54) is 6.33 Å². The van der Waals surface area contributed by atoms with Crippen molar-refractivity contribution in [3.05, 3.63) is 34.0 Å². The van der Waals surface area contributed by atoms with Gasteiger partial charge in [-0.15, -0.1) is 11.3 Å². The molecule has 0 aromatic carbocycles. The van der Waals surface area contributed by atoms with Crippen LogP contribution in [0.3, 0.4) is 0 Å². The molecule has 92 valence electrons. The Balaban J connectivity index is 2.26. The average Bonchev–Trinajstić information content (AvgIpc) is 2.86. The van der Waals surface area contributed by atoms with Gasteiger partial charge in [0.1, 0.15) is 17.8 Å². The third-order valence-electron chi connectivity index (χ3n) is 2.85. The van der Waals surface area contributed by atoms with Gasteiger partial charge in [-0.05, 0) is 37.8 Å². The molecule has 0 saturated carbocycles. The van der Waals surface area contributed by atoms with Gasteiger partial charge in [-0.1, -0.05) is 0 Å². The lowest BCUT2D eigenvalue weighted by Gasteiger charge is -2.22. The van der Waals surface area contributed by atoms with Crippen molar-refractivity contribution in [3.63, 3.8) is 0 Å². The van der Waals surface area contributed by atoms with Gasteiger partial charge in [0.2, 0.25) is 0 Å². The first kappa shape index (κ1) is 12.3. The maximum absolute atomic E-state index is 10.6. The number of aromatic nitrogens is 3. The van der Waals surface area contributed by atoms with Gasteiger partial charge in [-0.3, -0.25) is 4.68 Å². The number of rotatable bonds is 4. The summed E-state index contributed by atoms with van der Waals surface area (Å²) in [5, 5.41) is 16.7. The molecule has 2 aromatic heterocycles. The van der Waals surface area contributed by atoms with E-state index in [1.807, 2.05) is 36.9 Å². The second-order valence-corrected chi connectivity index (χ2v) is 5.29. The van der Waals surface area contributed by atoms with E-state index in [-0.39, 0.29) is 0 Å². The molecule has 2 aromatic rings. The van der Waals surface area contributed by atoms with Crippen molar-refractivity contribution in [2.45, 2.75) is 39.3 Å². The molecular formula is C12H17N3OS. The molecule has 4 nitrogen and oxygen atoms in total. The summed E-state index contributed by atoms with van der Waals surface area (Å²) >= 11 is 1.58. The lowest BCUT2D eigenvalue weighted by atomic mass is 9.97. The largest absolute Gasteiger partial charge is 0.384 e. The van der Waals surface area contributed by atoms with Crippen molar-refractivity contribution >= 4 is 11.3 Å². The number of thiophene rings is 1. The minimum atomic E-state index is -0.877. The van der Waals surface area contributed by atoms with Crippen molar-refractivity contribution in [1.82, 2.24) is 14.8 Å². The summed E-state index contributed by atoms with van der Waals surface area (Å²) in [5.41, 5.74) is 0.251. The Labute approximate surface area is 105 Å².